The van der Waals surface area contributed by atoms with Gasteiger partial charge in [0.25, 0.3) is 0 Å². The molecule has 2 unspecified atom stereocenters. The number of amides is 1. The van der Waals surface area contributed by atoms with E-state index in [9.17, 15) is 9.59 Å². The third-order valence-corrected chi connectivity index (χ3v) is 3.53. The zero-order valence-electron chi connectivity index (χ0n) is 11.1. The number of ether oxygens (including phenoxy) is 1. The smallest absolute Gasteiger partial charge is 0.407 e. The minimum atomic E-state index is -0.449. The van der Waals surface area contributed by atoms with E-state index in [0.29, 0.717) is 18.8 Å². The van der Waals surface area contributed by atoms with Gasteiger partial charge in [-0.3, -0.25) is 4.79 Å². The molecule has 1 aliphatic rings. The van der Waals surface area contributed by atoms with Crippen molar-refractivity contribution in [3.05, 3.63) is 35.9 Å². The number of ketones is 1. The Hall–Kier alpha value is -1.84. The van der Waals surface area contributed by atoms with Gasteiger partial charge in [0.15, 0.2) is 0 Å². The van der Waals surface area contributed by atoms with Crippen molar-refractivity contribution in [1.82, 2.24) is 5.32 Å². The molecule has 0 aromatic heterocycles. The molecule has 1 N–H and O–H groups in total. The number of hydrogen-bond acceptors (Lipinski definition) is 3. The monoisotopic (exact) mass is 261 g/mol. The molecule has 0 aliphatic heterocycles. The lowest BCUT2D eigenvalue weighted by Gasteiger charge is -2.28. The summed E-state index contributed by atoms with van der Waals surface area (Å²) < 4.78 is 5.15. The van der Waals surface area contributed by atoms with Crippen molar-refractivity contribution in [3.8, 4) is 0 Å². The number of hydrogen-bond donors (Lipinski definition) is 1. The molecule has 1 amide bonds. The van der Waals surface area contributed by atoms with Crippen molar-refractivity contribution in [1.29, 1.82) is 0 Å². The van der Waals surface area contributed by atoms with Crippen molar-refractivity contribution < 1.29 is 14.3 Å². The summed E-state index contributed by atoms with van der Waals surface area (Å²) in [4.78, 5) is 23.1. The molecule has 2 rings (SSSR count). The highest BCUT2D eigenvalue weighted by Crippen LogP contribution is 2.21. The summed E-state index contributed by atoms with van der Waals surface area (Å²) in [5.41, 5.74) is 0.949. The Morgan fingerprint density at radius 2 is 2.11 bits per heavy atom. The number of rotatable bonds is 3. The minimum absolute atomic E-state index is 0.0930. The van der Waals surface area contributed by atoms with Crippen LogP contribution in [0.4, 0.5) is 4.79 Å². The van der Waals surface area contributed by atoms with E-state index in [-0.39, 0.29) is 18.4 Å². The average molecular weight is 261 g/mol. The zero-order chi connectivity index (χ0) is 13.7. The van der Waals surface area contributed by atoms with E-state index in [2.05, 4.69) is 12.2 Å². The lowest BCUT2D eigenvalue weighted by molar-refractivity contribution is -0.121. The Morgan fingerprint density at radius 1 is 1.37 bits per heavy atom. The summed E-state index contributed by atoms with van der Waals surface area (Å²) in [5.74, 6) is 0.536. The number of benzene rings is 1. The molecular formula is C15H19NO3. The van der Waals surface area contributed by atoms with Crippen LogP contribution in [-0.2, 0) is 16.1 Å². The molecule has 0 bridgehead atoms. The van der Waals surface area contributed by atoms with Gasteiger partial charge >= 0.3 is 6.09 Å². The molecule has 19 heavy (non-hydrogen) atoms. The quantitative estimate of drug-likeness (QED) is 0.910. The van der Waals surface area contributed by atoms with Gasteiger partial charge in [-0.25, -0.2) is 4.79 Å². The highest BCUT2D eigenvalue weighted by Gasteiger charge is 2.27. The first-order valence-corrected chi connectivity index (χ1v) is 6.64. The van der Waals surface area contributed by atoms with Crippen molar-refractivity contribution in [3.63, 3.8) is 0 Å². The molecule has 4 nitrogen and oxygen atoms in total. The van der Waals surface area contributed by atoms with Gasteiger partial charge in [-0.05, 0) is 17.9 Å². The van der Waals surface area contributed by atoms with Crippen molar-refractivity contribution in [2.75, 3.05) is 0 Å². The first kappa shape index (κ1) is 13.6. The maximum absolute atomic E-state index is 11.7. The van der Waals surface area contributed by atoms with Crippen LogP contribution in [-0.4, -0.2) is 17.9 Å². The fourth-order valence-corrected chi connectivity index (χ4v) is 2.25. The second-order valence-electron chi connectivity index (χ2n) is 5.07. The van der Waals surface area contributed by atoms with Crippen LogP contribution in [0, 0.1) is 5.92 Å². The SMILES string of the molecule is CC1CCC(=O)CC1NC(=O)OCc1ccccc1. The fraction of sp³-hybridized carbons (Fsp3) is 0.467. The van der Waals surface area contributed by atoms with Crippen LogP contribution in [0.15, 0.2) is 30.3 Å². The van der Waals surface area contributed by atoms with Crippen LogP contribution >= 0.6 is 0 Å². The summed E-state index contributed by atoms with van der Waals surface area (Å²) >= 11 is 0. The number of carbonyl (C=O) groups is 2. The molecule has 1 fully saturated rings. The second-order valence-corrected chi connectivity index (χ2v) is 5.07. The van der Waals surface area contributed by atoms with Gasteiger partial charge in [0.2, 0.25) is 0 Å². The fourth-order valence-electron chi connectivity index (χ4n) is 2.25. The molecule has 1 saturated carbocycles. The van der Waals surface area contributed by atoms with E-state index < -0.39 is 6.09 Å². The summed E-state index contributed by atoms with van der Waals surface area (Å²) in [6, 6.07) is 9.43. The highest BCUT2D eigenvalue weighted by molar-refractivity contribution is 5.80. The molecular weight excluding hydrogens is 242 g/mol. The van der Waals surface area contributed by atoms with E-state index in [4.69, 9.17) is 4.74 Å². The van der Waals surface area contributed by atoms with Crippen LogP contribution in [0.25, 0.3) is 0 Å². The normalized spacial score (nSPS) is 22.9. The Bertz CT molecular complexity index is 444. The molecule has 2 atom stereocenters. The Kier molecular flexibility index (Phi) is 4.55. The van der Waals surface area contributed by atoms with Crippen molar-refractivity contribution in [2.45, 2.75) is 38.8 Å². The summed E-state index contributed by atoms with van der Waals surface area (Å²) in [6.45, 7) is 2.30. The van der Waals surface area contributed by atoms with Gasteiger partial charge in [-0.15, -0.1) is 0 Å². The van der Waals surface area contributed by atoms with Crippen molar-refractivity contribution >= 4 is 11.9 Å². The standard InChI is InChI=1S/C15H19NO3/c1-11-7-8-13(17)9-14(11)16-15(18)19-10-12-5-3-2-4-6-12/h2-6,11,14H,7-10H2,1H3,(H,16,18). The van der Waals surface area contributed by atoms with E-state index in [1.807, 2.05) is 30.3 Å². The highest BCUT2D eigenvalue weighted by atomic mass is 16.5. The van der Waals surface area contributed by atoms with E-state index in [0.717, 1.165) is 12.0 Å². The summed E-state index contributed by atoms with van der Waals surface area (Å²) in [6.07, 6.45) is 1.43. The molecule has 0 saturated heterocycles. The summed E-state index contributed by atoms with van der Waals surface area (Å²) in [5, 5.41) is 2.79. The predicted molar refractivity (Wildman–Crippen MR) is 71.6 cm³/mol. The second kappa shape index (κ2) is 6.36. The molecule has 4 heteroatoms. The van der Waals surface area contributed by atoms with E-state index in [1.165, 1.54) is 0 Å². The number of carbonyl (C=O) groups excluding carboxylic acids is 2. The molecule has 0 radical (unpaired) electrons. The maximum atomic E-state index is 11.7. The maximum Gasteiger partial charge on any atom is 0.407 e. The van der Waals surface area contributed by atoms with Crippen molar-refractivity contribution in [2.24, 2.45) is 5.92 Å². The lowest BCUT2D eigenvalue weighted by Crippen LogP contribution is -2.43. The first-order valence-electron chi connectivity index (χ1n) is 6.64. The molecule has 102 valence electrons. The zero-order valence-corrected chi connectivity index (χ0v) is 11.1. The van der Waals surface area contributed by atoms with Gasteiger partial charge in [0.1, 0.15) is 12.4 Å². The molecule has 1 aromatic carbocycles. The Balaban J connectivity index is 1.79. The molecule has 0 spiro atoms. The van der Waals surface area contributed by atoms with Gasteiger partial charge in [-0.2, -0.15) is 0 Å². The van der Waals surface area contributed by atoms with E-state index in [1.54, 1.807) is 0 Å². The van der Waals surface area contributed by atoms with Crippen LogP contribution in [0.5, 0.6) is 0 Å². The Morgan fingerprint density at radius 3 is 2.84 bits per heavy atom. The molecule has 1 aromatic rings. The number of alkyl carbamates (subject to hydrolysis) is 1. The van der Waals surface area contributed by atoms with Gasteiger partial charge in [0, 0.05) is 18.9 Å². The van der Waals surface area contributed by atoms with Crippen LogP contribution < -0.4 is 5.32 Å². The van der Waals surface area contributed by atoms with Gasteiger partial charge in [0.05, 0.1) is 0 Å². The summed E-state index contributed by atoms with van der Waals surface area (Å²) in [7, 11) is 0. The van der Waals surface area contributed by atoms with Crippen LogP contribution in [0.3, 0.4) is 0 Å². The van der Waals surface area contributed by atoms with E-state index >= 15 is 0 Å². The van der Waals surface area contributed by atoms with Crippen LogP contribution in [0.2, 0.25) is 0 Å². The third kappa shape index (κ3) is 4.09. The molecule has 0 heterocycles. The average Bonchev–Trinajstić information content (AvgIpc) is 2.42. The number of nitrogens with one attached hydrogen (secondary N) is 1. The largest absolute Gasteiger partial charge is 0.445 e. The van der Waals surface area contributed by atoms with Gasteiger partial charge in [-0.1, -0.05) is 37.3 Å². The lowest BCUT2D eigenvalue weighted by atomic mass is 9.85. The van der Waals surface area contributed by atoms with Gasteiger partial charge < -0.3 is 10.1 Å². The first-order chi connectivity index (χ1) is 9.15. The predicted octanol–water partition coefficient (Wildman–Crippen LogP) is 2.67. The number of Topliss-reactive ketones (excluding diaryl/α,β-unsaturated/α-hetero) is 1. The minimum Gasteiger partial charge on any atom is -0.445 e. The molecule has 1 aliphatic carbocycles. The topological polar surface area (TPSA) is 55.4 Å². The van der Waals surface area contributed by atoms with Crippen LogP contribution in [0.1, 0.15) is 31.7 Å². The Labute approximate surface area is 113 Å². The third-order valence-electron chi connectivity index (χ3n) is 3.53.